The summed E-state index contributed by atoms with van der Waals surface area (Å²) in [5.41, 5.74) is 0.866. The molecule has 0 aromatic heterocycles. The van der Waals surface area contributed by atoms with Crippen molar-refractivity contribution in [3.05, 3.63) is 35.9 Å². The number of amides is 1. The molecule has 1 aromatic rings. The molecule has 0 unspecified atom stereocenters. The molecular formula is C16H22N2O3. The molecule has 1 aliphatic heterocycles. The average Bonchev–Trinajstić information content (AvgIpc) is 2.97. The number of carbonyl (C=O) groups excluding carboxylic acids is 1. The van der Waals surface area contributed by atoms with Crippen molar-refractivity contribution in [2.75, 3.05) is 13.2 Å². The zero-order valence-corrected chi connectivity index (χ0v) is 12.1. The monoisotopic (exact) mass is 290 g/mol. The van der Waals surface area contributed by atoms with Crippen LogP contribution in [0.4, 0.5) is 4.79 Å². The first kappa shape index (κ1) is 14.4. The number of hydrogen-bond acceptors (Lipinski definition) is 4. The highest BCUT2D eigenvalue weighted by atomic mass is 16.5. The van der Waals surface area contributed by atoms with Gasteiger partial charge in [-0.15, -0.1) is 0 Å². The van der Waals surface area contributed by atoms with E-state index in [1.807, 2.05) is 30.3 Å². The Balaban J connectivity index is 1.40. The molecule has 1 heterocycles. The molecule has 21 heavy (non-hydrogen) atoms. The summed E-state index contributed by atoms with van der Waals surface area (Å²) in [4.78, 5) is 11.8. The van der Waals surface area contributed by atoms with E-state index in [2.05, 4.69) is 10.6 Å². The highest BCUT2D eigenvalue weighted by Gasteiger charge is 2.38. The molecule has 5 heteroatoms. The topological polar surface area (TPSA) is 59.6 Å². The van der Waals surface area contributed by atoms with Crippen LogP contribution < -0.4 is 10.6 Å². The molecule has 2 fully saturated rings. The number of benzene rings is 1. The zero-order chi connectivity index (χ0) is 14.5. The number of hydrogen-bond donors (Lipinski definition) is 2. The lowest BCUT2D eigenvalue weighted by Gasteiger charge is -2.36. The van der Waals surface area contributed by atoms with Gasteiger partial charge in [0.1, 0.15) is 12.3 Å². The van der Waals surface area contributed by atoms with Crippen LogP contribution in [0.2, 0.25) is 0 Å². The number of alkyl carbamates (subject to hydrolysis) is 1. The van der Waals surface area contributed by atoms with Crippen LogP contribution in [-0.4, -0.2) is 31.0 Å². The fourth-order valence-corrected chi connectivity index (χ4v) is 3.06. The maximum absolute atomic E-state index is 11.8. The Morgan fingerprint density at radius 1 is 1.33 bits per heavy atom. The Morgan fingerprint density at radius 3 is 2.76 bits per heavy atom. The normalized spacial score (nSPS) is 28.5. The Bertz CT molecular complexity index is 462. The Kier molecular flexibility index (Phi) is 4.41. The number of nitrogens with one attached hydrogen (secondary N) is 2. The van der Waals surface area contributed by atoms with Crippen molar-refractivity contribution in [2.24, 2.45) is 0 Å². The Labute approximate surface area is 125 Å². The van der Waals surface area contributed by atoms with Crippen molar-refractivity contribution in [2.45, 2.75) is 44.1 Å². The van der Waals surface area contributed by atoms with Gasteiger partial charge < -0.3 is 14.8 Å². The lowest BCUT2D eigenvalue weighted by molar-refractivity contribution is -0.0438. The quantitative estimate of drug-likeness (QED) is 0.895. The molecule has 1 spiro atoms. The largest absolute Gasteiger partial charge is 0.445 e. The maximum atomic E-state index is 11.8. The molecule has 0 bridgehead atoms. The Hall–Kier alpha value is -1.59. The summed E-state index contributed by atoms with van der Waals surface area (Å²) in [7, 11) is 0. The zero-order valence-electron chi connectivity index (χ0n) is 12.1. The Morgan fingerprint density at radius 2 is 2.10 bits per heavy atom. The van der Waals surface area contributed by atoms with Crippen LogP contribution in [-0.2, 0) is 16.1 Å². The van der Waals surface area contributed by atoms with Gasteiger partial charge in [0.2, 0.25) is 0 Å². The lowest BCUT2D eigenvalue weighted by Crippen LogP contribution is -2.49. The second-order valence-corrected chi connectivity index (χ2v) is 5.75. The lowest BCUT2D eigenvalue weighted by atomic mass is 9.88. The van der Waals surface area contributed by atoms with E-state index in [1.54, 1.807) is 0 Å². The van der Waals surface area contributed by atoms with Gasteiger partial charge in [-0.3, -0.25) is 5.32 Å². The van der Waals surface area contributed by atoms with E-state index in [9.17, 15) is 4.79 Å². The molecule has 3 rings (SSSR count). The van der Waals surface area contributed by atoms with Crippen LogP contribution in [0, 0.1) is 0 Å². The van der Waals surface area contributed by atoms with Gasteiger partial charge in [0, 0.05) is 12.6 Å². The minimum absolute atomic E-state index is 0.133. The highest BCUT2D eigenvalue weighted by molar-refractivity contribution is 5.67. The average molecular weight is 290 g/mol. The number of rotatable bonds is 3. The third-order valence-corrected chi connectivity index (χ3v) is 4.26. The molecule has 1 saturated heterocycles. The van der Waals surface area contributed by atoms with E-state index in [4.69, 9.17) is 9.47 Å². The van der Waals surface area contributed by atoms with E-state index in [-0.39, 0.29) is 17.9 Å². The standard InChI is InChI=1S/C16H22N2O3/c19-15(20-12-13-4-2-1-3-5-13)18-14-6-8-16(9-7-14)17-10-11-21-16/h1-5,14,17H,6-12H2,(H,18,19). The molecular weight excluding hydrogens is 268 g/mol. The van der Waals surface area contributed by atoms with Crippen LogP contribution in [0.5, 0.6) is 0 Å². The third kappa shape index (κ3) is 3.74. The van der Waals surface area contributed by atoms with Crippen molar-refractivity contribution < 1.29 is 14.3 Å². The fraction of sp³-hybridized carbons (Fsp3) is 0.562. The summed E-state index contributed by atoms with van der Waals surface area (Å²) in [6.45, 7) is 2.03. The SMILES string of the molecule is O=C(NC1CCC2(CC1)NCCO2)OCc1ccccc1. The number of carbonyl (C=O) groups is 1. The second-order valence-electron chi connectivity index (χ2n) is 5.75. The molecule has 114 valence electrons. The van der Waals surface area contributed by atoms with Gasteiger partial charge in [-0.2, -0.15) is 0 Å². The van der Waals surface area contributed by atoms with Crippen molar-refractivity contribution in [3.8, 4) is 0 Å². The summed E-state index contributed by atoms with van der Waals surface area (Å²) in [6, 6.07) is 9.89. The summed E-state index contributed by atoms with van der Waals surface area (Å²) in [5.74, 6) is 0. The molecule has 1 saturated carbocycles. The van der Waals surface area contributed by atoms with Crippen molar-refractivity contribution >= 4 is 6.09 Å². The maximum Gasteiger partial charge on any atom is 0.407 e. The first-order chi connectivity index (χ1) is 10.3. The van der Waals surface area contributed by atoms with Gasteiger partial charge in [-0.1, -0.05) is 30.3 Å². The molecule has 0 atom stereocenters. The van der Waals surface area contributed by atoms with Crippen LogP contribution >= 0.6 is 0 Å². The van der Waals surface area contributed by atoms with E-state index in [0.29, 0.717) is 6.61 Å². The third-order valence-electron chi connectivity index (χ3n) is 4.26. The van der Waals surface area contributed by atoms with Gasteiger partial charge in [0.25, 0.3) is 0 Å². The van der Waals surface area contributed by atoms with Crippen molar-refractivity contribution in [1.29, 1.82) is 0 Å². The van der Waals surface area contributed by atoms with Crippen LogP contribution in [0.3, 0.4) is 0 Å². The molecule has 1 amide bonds. The highest BCUT2D eigenvalue weighted by Crippen LogP contribution is 2.31. The predicted molar refractivity (Wildman–Crippen MR) is 78.7 cm³/mol. The summed E-state index contributed by atoms with van der Waals surface area (Å²) in [5, 5.41) is 6.38. The minimum Gasteiger partial charge on any atom is -0.445 e. The molecule has 1 aromatic carbocycles. The van der Waals surface area contributed by atoms with Gasteiger partial charge in [0.05, 0.1) is 6.61 Å². The first-order valence-corrected chi connectivity index (χ1v) is 7.62. The fourth-order valence-electron chi connectivity index (χ4n) is 3.06. The minimum atomic E-state index is -0.333. The van der Waals surface area contributed by atoms with E-state index in [1.165, 1.54) is 0 Å². The van der Waals surface area contributed by atoms with Gasteiger partial charge in [0.15, 0.2) is 0 Å². The molecule has 0 radical (unpaired) electrons. The van der Waals surface area contributed by atoms with Crippen molar-refractivity contribution in [1.82, 2.24) is 10.6 Å². The van der Waals surface area contributed by atoms with Gasteiger partial charge in [-0.05, 0) is 31.2 Å². The van der Waals surface area contributed by atoms with Gasteiger partial charge in [-0.25, -0.2) is 4.79 Å². The van der Waals surface area contributed by atoms with Crippen LogP contribution in [0.1, 0.15) is 31.2 Å². The summed E-state index contributed by atoms with van der Waals surface area (Å²) in [6.07, 6.45) is 3.40. The van der Waals surface area contributed by atoms with Crippen LogP contribution in [0.25, 0.3) is 0 Å². The van der Waals surface area contributed by atoms with Gasteiger partial charge >= 0.3 is 6.09 Å². The summed E-state index contributed by atoms with van der Waals surface area (Å²) < 4.78 is 11.0. The van der Waals surface area contributed by atoms with E-state index >= 15 is 0 Å². The molecule has 2 N–H and O–H groups in total. The number of ether oxygens (including phenoxy) is 2. The predicted octanol–water partition coefficient (Wildman–Crippen LogP) is 2.17. The van der Waals surface area contributed by atoms with Crippen LogP contribution in [0.15, 0.2) is 30.3 Å². The summed E-state index contributed by atoms with van der Waals surface area (Å²) >= 11 is 0. The van der Waals surface area contributed by atoms with E-state index < -0.39 is 0 Å². The molecule has 1 aliphatic carbocycles. The van der Waals surface area contributed by atoms with E-state index in [0.717, 1.165) is 44.4 Å². The molecule has 2 aliphatic rings. The first-order valence-electron chi connectivity index (χ1n) is 7.62. The smallest absolute Gasteiger partial charge is 0.407 e. The molecule has 5 nitrogen and oxygen atoms in total. The van der Waals surface area contributed by atoms with Crippen molar-refractivity contribution in [3.63, 3.8) is 0 Å². The second kappa shape index (κ2) is 6.45.